The van der Waals surface area contributed by atoms with Crippen molar-refractivity contribution < 1.29 is 4.39 Å². The van der Waals surface area contributed by atoms with Crippen LogP contribution in [0.25, 0.3) is 11.3 Å². The first-order valence-electron chi connectivity index (χ1n) is 5.76. The lowest BCUT2D eigenvalue weighted by Crippen LogP contribution is -2.03. The van der Waals surface area contributed by atoms with Gasteiger partial charge in [0.05, 0.1) is 11.4 Å². The van der Waals surface area contributed by atoms with Crippen molar-refractivity contribution in [2.24, 2.45) is 0 Å². The standard InChI is InChI=1S/C14H11ClFN3/c1-8(2)12-11(7-17)13(19-14(15)18-12)9-3-5-10(16)6-4-9/h3-6,8H,1-2H3. The number of hydrogen-bond donors (Lipinski definition) is 0. The van der Waals surface area contributed by atoms with Gasteiger partial charge < -0.3 is 0 Å². The molecule has 0 radical (unpaired) electrons. The molecule has 2 rings (SSSR count). The van der Waals surface area contributed by atoms with Gasteiger partial charge in [-0.2, -0.15) is 5.26 Å². The Hall–Kier alpha value is -1.99. The third kappa shape index (κ3) is 2.72. The summed E-state index contributed by atoms with van der Waals surface area (Å²) in [6.07, 6.45) is 0. The Kier molecular flexibility index (Phi) is 3.77. The fraction of sp³-hybridized carbons (Fsp3) is 0.214. The van der Waals surface area contributed by atoms with Gasteiger partial charge in [0.15, 0.2) is 0 Å². The van der Waals surface area contributed by atoms with E-state index >= 15 is 0 Å². The van der Waals surface area contributed by atoms with E-state index in [1.807, 2.05) is 13.8 Å². The number of benzene rings is 1. The maximum atomic E-state index is 12.9. The molecule has 0 spiro atoms. The van der Waals surface area contributed by atoms with Crippen molar-refractivity contribution in [1.29, 1.82) is 5.26 Å². The second-order valence-corrected chi connectivity index (χ2v) is 4.71. The first kappa shape index (κ1) is 13.4. The van der Waals surface area contributed by atoms with Crippen molar-refractivity contribution in [2.45, 2.75) is 19.8 Å². The second-order valence-electron chi connectivity index (χ2n) is 4.37. The van der Waals surface area contributed by atoms with E-state index in [1.165, 1.54) is 12.1 Å². The normalized spacial score (nSPS) is 10.5. The Bertz CT molecular complexity index is 645. The summed E-state index contributed by atoms with van der Waals surface area (Å²) in [5.41, 5.74) is 2.06. The number of nitriles is 1. The van der Waals surface area contributed by atoms with E-state index in [0.717, 1.165) is 0 Å². The highest BCUT2D eigenvalue weighted by Gasteiger charge is 2.17. The van der Waals surface area contributed by atoms with Gasteiger partial charge in [-0.1, -0.05) is 13.8 Å². The van der Waals surface area contributed by atoms with Gasteiger partial charge >= 0.3 is 0 Å². The summed E-state index contributed by atoms with van der Waals surface area (Å²) >= 11 is 5.90. The maximum absolute atomic E-state index is 12.9. The summed E-state index contributed by atoms with van der Waals surface area (Å²) in [5, 5.41) is 9.39. The lowest BCUT2D eigenvalue weighted by atomic mass is 9.99. The third-order valence-corrected chi connectivity index (χ3v) is 2.86. The average Bonchev–Trinajstić information content (AvgIpc) is 2.38. The quantitative estimate of drug-likeness (QED) is 0.780. The molecule has 2 aromatic rings. The van der Waals surface area contributed by atoms with Crippen molar-refractivity contribution in [3.05, 3.63) is 46.6 Å². The lowest BCUT2D eigenvalue weighted by molar-refractivity contribution is 0.628. The molecule has 0 saturated carbocycles. The van der Waals surface area contributed by atoms with E-state index in [4.69, 9.17) is 11.6 Å². The van der Waals surface area contributed by atoms with Crippen molar-refractivity contribution in [2.75, 3.05) is 0 Å². The molecule has 1 aromatic heterocycles. The summed E-state index contributed by atoms with van der Waals surface area (Å²) in [4.78, 5) is 8.20. The lowest BCUT2D eigenvalue weighted by Gasteiger charge is -2.11. The number of nitrogens with zero attached hydrogens (tertiary/aromatic N) is 3. The van der Waals surface area contributed by atoms with Crippen LogP contribution in [0.5, 0.6) is 0 Å². The molecule has 1 heterocycles. The van der Waals surface area contributed by atoms with Crippen LogP contribution in [0.15, 0.2) is 24.3 Å². The number of rotatable bonds is 2. The molecule has 1 aromatic carbocycles. The fourth-order valence-corrected chi connectivity index (χ4v) is 1.97. The van der Waals surface area contributed by atoms with E-state index in [0.29, 0.717) is 22.5 Å². The molecule has 0 bridgehead atoms. The Morgan fingerprint density at radius 1 is 1.21 bits per heavy atom. The molecule has 0 N–H and O–H groups in total. The van der Waals surface area contributed by atoms with Crippen LogP contribution in [0.1, 0.15) is 31.0 Å². The van der Waals surface area contributed by atoms with Gasteiger partial charge in [0.2, 0.25) is 5.28 Å². The van der Waals surface area contributed by atoms with Gasteiger partial charge in [0, 0.05) is 5.56 Å². The molecular formula is C14H11ClFN3. The van der Waals surface area contributed by atoms with Crippen LogP contribution >= 0.6 is 11.6 Å². The highest BCUT2D eigenvalue weighted by molar-refractivity contribution is 6.28. The van der Waals surface area contributed by atoms with Crippen molar-refractivity contribution >= 4 is 11.6 Å². The van der Waals surface area contributed by atoms with Crippen LogP contribution < -0.4 is 0 Å². The Labute approximate surface area is 115 Å². The van der Waals surface area contributed by atoms with Crippen molar-refractivity contribution in [1.82, 2.24) is 9.97 Å². The van der Waals surface area contributed by atoms with Crippen molar-refractivity contribution in [3.8, 4) is 17.3 Å². The minimum Gasteiger partial charge on any atom is -0.221 e. The van der Waals surface area contributed by atoms with Gasteiger partial charge in [-0.15, -0.1) is 0 Å². The molecule has 0 aliphatic rings. The first-order chi connectivity index (χ1) is 9.02. The number of aromatic nitrogens is 2. The molecule has 0 saturated heterocycles. The van der Waals surface area contributed by atoms with Gasteiger partial charge in [0.1, 0.15) is 17.4 Å². The van der Waals surface area contributed by atoms with Crippen LogP contribution in [-0.2, 0) is 0 Å². The maximum Gasteiger partial charge on any atom is 0.223 e. The van der Waals surface area contributed by atoms with E-state index in [2.05, 4.69) is 16.0 Å². The first-order valence-corrected chi connectivity index (χ1v) is 6.14. The zero-order valence-electron chi connectivity index (χ0n) is 10.5. The molecule has 19 heavy (non-hydrogen) atoms. The van der Waals surface area contributed by atoms with Gasteiger partial charge in [0.25, 0.3) is 0 Å². The number of hydrogen-bond acceptors (Lipinski definition) is 3. The third-order valence-electron chi connectivity index (χ3n) is 2.69. The van der Waals surface area contributed by atoms with E-state index in [1.54, 1.807) is 12.1 Å². The molecule has 0 atom stereocenters. The molecule has 96 valence electrons. The molecule has 5 heteroatoms. The fourth-order valence-electron chi connectivity index (χ4n) is 1.79. The Balaban J connectivity index is 2.69. The largest absolute Gasteiger partial charge is 0.223 e. The van der Waals surface area contributed by atoms with E-state index in [-0.39, 0.29) is 17.0 Å². The molecule has 0 aliphatic heterocycles. The smallest absolute Gasteiger partial charge is 0.221 e. The Morgan fingerprint density at radius 2 is 1.84 bits per heavy atom. The summed E-state index contributed by atoms with van der Waals surface area (Å²) in [7, 11) is 0. The zero-order chi connectivity index (χ0) is 14.0. The van der Waals surface area contributed by atoms with Crippen LogP contribution in [0, 0.1) is 17.1 Å². The second kappa shape index (κ2) is 5.33. The van der Waals surface area contributed by atoms with Crippen LogP contribution in [0.4, 0.5) is 4.39 Å². The molecule has 3 nitrogen and oxygen atoms in total. The summed E-state index contributed by atoms with van der Waals surface area (Å²) in [5.74, 6) is -0.291. The molecular weight excluding hydrogens is 265 g/mol. The average molecular weight is 276 g/mol. The summed E-state index contributed by atoms with van der Waals surface area (Å²) < 4.78 is 12.9. The molecule has 0 amide bonds. The molecule has 0 fully saturated rings. The predicted molar refractivity (Wildman–Crippen MR) is 71.2 cm³/mol. The zero-order valence-corrected chi connectivity index (χ0v) is 11.2. The van der Waals surface area contributed by atoms with Gasteiger partial charge in [-0.3, -0.25) is 0 Å². The van der Waals surface area contributed by atoms with Crippen LogP contribution in [0.3, 0.4) is 0 Å². The highest BCUT2D eigenvalue weighted by Crippen LogP contribution is 2.28. The highest BCUT2D eigenvalue weighted by atomic mass is 35.5. The number of halogens is 2. The summed E-state index contributed by atoms with van der Waals surface area (Å²) in [6, 6.07) is 7.89. The van der Waals surface area contributed by atoms with Crippen molar-refractivity contribution in [3.63, 3.8) is 0 Å². The minimum absolute atomic E-state index is 0.0503. The van der Waals surface area contributed by atoms with E-state index < -0.39 is 0 Å². The van der Waals surface area contributed by atoms with Crippen LogP contribution in [0.2, 0.25) is 5.28 Å². The van der Waals surface area contributed by atoms with Crippen LogP contribution in [-0.4, -0.2) is 9.97 Å². The molecule has 0 unspecified atom stereocenters. The predicted octanol–water partition coefficient (Wildman–Crippen LogP) is 3.93. The SMILES string of the molecule is CC(C)c1nc(Cl)nc(-c2ccc(F)cc2)c1C#N. The topological polar surface area (TPSA) is 49.6 Å². The Morgan fingerprint density at radius 3 is 2.37 bits per heavy atom. The van der Waals surface area contributed by atoms with Gasteiger partial charge in [-0.25, -0.2) is 14.4 Å². The monoisotopic (exact) mass is 275 g/mol. The van der Waals surface area contributed by atoms with E-state index in [9.17, 15) is 9.65 Å². The molecule has 0 aliphatic carbocycles. The minimum atomic E-state index is -0.341. The summed E-state index contributed by atoms with van der Waals surface area (Å²) in [6.45, 7) is 3.85. The van der Waals surface area contributed by atoms with Gasteiger partial charge in [-0.05, 0) is 41.8 Å².